The summed E-state index contributed by atoms with van der Waals surface area (Å²) in [7, 11) is 1.22. The summed E-state index contributed by atoms with van der Waals surface area (Å²) in [5, 5.41) is 22.0. The molecule has 1 atom stereocenters. The molecular formula is C17H17NO5. The van der Waals surface area contributed by atoms with Crippen LogP contribution in [0.15, 0.2) is 42.5 Å². The Labute approximate surface area is 133 Å². The van der Waals surface area contributed by atoms with Crippen LogP contribution in [-0.4, -0.2) is 29.2 Å². The van der Waals surface area contributed by atoms with Crippen LogP contribution in [0.25, 0.3) is 0 Å². The standard InChI is InChI=1S/C17H17NO5/c1-10-5-3-6-11(9-10)15(17(22)23-2)18-16(21)14-12(19)7-4-8-13(14)20/h3-9,15,19-20H,1-2H3,(H,18,21)/t15-/m0/s1. The lowest BCUT2D eigenvalue weighted by Gasteiger charge is -2.18. The number of carbonyl (C=O) groups excluding carboxylic acids is 2. The van der Waals surface area contributed by atoms with Gasteiger partial charge in [0.2, 0.25) is 0 Å². The van der Waals surface area contributed by atoms with E-state index in [-0.39, 0.29) is 17.1 Å². The van der Waals surface area contributed by atoms with Crippen molar-refractivity contribution in [2.75, 3.05) is 7.11 Å². The van der Waals surface area contributed by atoms with Crippen molar-refractivity contribution in [2.24, 2.45) is 0 Å². The number of carbonyl (C=O) groups is 2. The minimum Gasteiger partial charge on any atom is -0.507 e. The highest BCUT2D eigenvalue weighted by atomic mass is 16.5. The molecule has 2 rings (SSSR count). The van der Waals surface area contributed by atoms with E-state index in [4.69, 9.17) is 4.74 Å². The number of rotatable bonds is 4. The van der Waals surface area contributed by atoms with Gasteiger partial charge in [0.05, 0.1) is 7.11 Å². The third kappa shape index (κ3) is 3.60. The van der Waals surface area contributed by atoms with Gasteiger partial charge in [0, 0.05) is 0 Å². The van der Waals surface area contributed by atoms with Gasteiger partial charge in [0.25, 0.3) is 5.91 Å². The Morgan fingerprint density at radius 3 is 2.26 bits per heavy atom. The second-order valence-electron chi connectivity index (χ2n) is 5.02. The molecule has 0 aromatic heterocycles. The van der Waals surface area contributed by atoms with Gasteiger partial charge in [-0.2, -0.15) is 0 Å². The fourth-order valence-electron chi connectivity index (χ4n) is 2.21. The van der Waals surface area contributed by atoms with Gasteiger partial charge in [-0.05, 0) is 24.6 Å². The van der Waals surface area contributed by atoms with Gasteiger partial charge < -0.3 is 20.3 Å². The summed E-state index contributed by atoms with van der Waals surface area (Å²) >= 11 is 0. The molecule has 1 amide bonds. The number of nitrogens with one attached hydrogen (secondary N) is 1. The van der Waals surface area contributed by atoms with Crippen LogP contribution < -0.4 is 5.32 Å². The van der Waals surface area contributed by atoms with Crippen molar-refractivity contribution in [1.29, 1.82) is 0 Å². The van der Waals surface area contributed by atoms with E-state index in [0.29, 0.717) is 5.56 Å². The molecule has 0 aliphatic rings. The Bertz CT molecular complexity index is 721. The number of ether oxygens (including phenoxy) is 1. The smallest absolute Gasteiger partial charge is 0.333 e. The number of hydrogen-bond donors (Lipinski definition) is 3. The second kappa shape index (κ2) is 6.83. The molecule has 0 heterocycles. The highest BCUT2D eigenvalue weighted by Crippen LogP contribution is 2.27. The molecule has 3 N–H and O–H groups in total. The Morgan fingerprint density at radius 1 is 1.09 bits per heavy atom. The van der Waals surface area contributed by atoms with Gasteiger partial charge in [0.15, 0.2) is 6.04 Å². The van der Waals surface area contributed by atoms with E-state index in [9.17, 15) is 19.8 Å². The summed E-state index contributed by atoms with van der Waals surface area (Å²) in [4.78, 5) is 24.3. The van der Waals surface area contributed by atoms with E-state index in [0.717, 1.165) is 5.56 Å². The zero-order chi connectivity index (χ0) is 17.0. The minimum atomic E-state index is -1.05. The second-order valence-corrected chi connectivity index (χ2v) is 5.02. The van der Waals surface area contributed by atoms with E-state index >= 15 is 0 Å². The third-order valence-electron chi connectivity index (χ3n) is 3.34. The number of hydrogen-bond acceptors (Lipinski definition) is 5. The van der Waals surface area contributed by atoms with Crippen molar-refractivity contribution >= 4 is 11.9 Å². The number of benzene rings is 2. The predicted octanol–water partition coefficient (Wildman–Crippen LogP) is 2.05. The number of methoxy groups -OCH3 is 1. The van der Waals surface area contributed by atoms with E-state index in [1.807, 2.05) is 13.0 Å². The lowest BCUT2D eigenvalue weighted by molar-refractivity contribution is -0.143. The van der Waals surface area contributed by atoms with E-state index in [1.165, 1.54) is 25.3 Å². The van der Waals surface area contributed by atoms with Crippen LogP contribution in [0.5, 0.6) is 11.5 Å². The molecule has 0 radical (unpaired) electrons. The van der Waals surface area contributed by atoms with Crippen LogP contribution in [0.3, 0.4) is 0 Å². The average Bonchev–Trinajstić information content (AvgIpc) is 2.51. The Hall–Kier alpha value is -3.02. The number of phenols is 2. The van der Waals surface area contributed by atoms with Crippen LogP contribution in [0, 0.1) is 6.92 Å². The minimum absolute atomic E-state index is 0.297. The first-order valence-corrected chi connectivity index (χ1v) is 6.90. The van der Waals surface area contributed by atoms with Gasteiger partial charge in [-0.3, -0.25) is 4.79 Å². The van der Waals surface area contributed by atoms with Crippen molar-refractivity contribution in [3.63, 3.8) is 0 Å². The molecular weight excluding hydrogens is 298 g/mol. The highest BCUT2D eigenvalue weighted by Gasteiger charge is 2.26. The number of aromatic hydroxyl groups is 2. The zero-order valence-corrected chi connectivity index (χ0v) is 12.7. The molecule has 0 fully saturated rings. The zero-order valence-electron chi connectivity index (χ0n) is 12.7. The molecule has 0 saturated heterocycles. The van der Waals surface area contributed by atoms with E-state index in [1.54, 1.807) is 18.2 Å². The third-order valence-corrected chi connectivity index (χ3v) is 3.34. The maximum Gasteiger partial charge on any atom is 0.333 e. The van der Waals surface area contributed by atoms with Crippen LogP contribution in [-0.2, 0) is 9.53 Å². The maximum absolute atomic E-state index is 12.3. The molecule has 2 aromatic rings. The van der Waals surface area contributed by atoms with E-state index in [2.05, 4.69) is 5.32 Å². The van der Waals surface area contributed by atoms with E-state index < -0.39 is 17.9 Å². The normalized spacial score (nSPS) is 11.6. The first-order chi connectivity index (χ1) is 10.9. The summed E-state index contributed by atoms with van der Waals surface area (Å²) in [6, 6.07) is 9.93. The lowest BCUT2D eigenvalue weighted by atomic mass is 10.0. The average molecular weight is 315 g/mol. The predicted molar refractivity (Wildman–Crippen MR) is 83.2 cm³/mol. The van der Waals surface area contributed by atoms with Gasteiger partial charge in [0.1, 0.15) is 17.1 Å². The number of phenolic OH excluding ortho intramolecular Hbond substituents is 2. The molecule has 120 valence electrons. The van der Waals surface area contributed by atoms with Crippen molar-refractivity contribution in [1.82, 2.24) is 5.32 Å². The van der Waals surface area contributed by atoms with Crippen molar-refractivity contribution in [3.8, 4) is 11.5 Å². The summed E-state index contributed by atoms with van der Waals surface area (Å²) in [5.74, 6) is -2.19. The summed E-state index contributed by atoms with van der Waals surface area (Å²) < 4.78 is 4.73. The largest absolute Gasteiger partial charge is 0.507 e. The topological polar surface area (TPSA) is 95.9 Å². The molecule has 0 saturated carbocycles. The van der Waals surface area contributed by atoms with Gasteiger partial charge in [-0.1, -0.05) is 35.9 Å². The fraction of sp³-hybridized carbons (Fsp3) is 0.176. The highest BCUT2D eigenvalue weighted by molar-refractivity contribution is 6.01. The van der Waals surface area contributed by atoms with Crippen LogP contribution in [0.2, 0.25) is 0 Å². The summed E-state index contributed by atoms with van der Waals surface area (Å²) in [6.45, 7) is 1.86. The molecule has 6 heteroatoms. The Balaban J connectivity index is 2.35. The van der Waals surface area contributed by atoms with Crippen LogP contribution in [0.1, 0.15) is 27.5 Å². The van der Waals surface area contributed by atoms with Gasteiger partial charge >= 0.3 is 5.97 Å². The fourth-order valence-corrected chi connectivity index (χ4v) is 2.21. The molecule has 23 heavy (non-hydrogen) atoms. The molecule has 0 bridgehead atoms. The van der Waals surface area contributed by atoms with Gasteiger partial charge in [-0.15, -0.1) is 0 Å². The quantitative estimate of drug-likeness (QED) is 0.751. The number of amides is 1. The van der Waals surface area contributed by atoms with Gasteiger partial charge in [-0.25, -0.2) is 4.79 Å². The summed E-state index contributed by atoms with van der Waals surface area (Å²) in [6.07, 6.45) is 0. The van der Waals surface area contributed by atoms with Crippen LogP contribution in [0.4, 0.5) is 0 Å². The van der Waals surface area contributed by atoms with Crippen molar-refractivity contribution in [3.05, 3.63) is 59.2 Å². The lowest BCUT2D eigenvalue weighted by Crippen LogP contribution is -2.34. The molecule has 0 aliphatic carbocycles. The Morgan fingerprint density at radius 2 is 1.70 bits per heavy atom. The first kappa shape index (κ1) is 16.4. The molecule has 0 aliphatic heterocycles. The SMILES string of the molecule is COC(=O)[C@@H](NC(=O)c1c(O)cccc1O)c1cccc(C)c1. The molecule has 2 aromatic carbocycles. The number of esters is 1. The van der Waals surface area contributed by atoms with Crippen LogP contribution >= 0.6 is 0 Å². The summed E-state index contributed by atoms with van der Waals surface area (Å²) in [5.41, 5.74) is 1.16. The molecule has 0 spiro atoms. The van der Waals surface area contributed by atoms with Crippen molar-refractivity contribution < 1.29 is 24.5 Å². The number of aryl methyl sites for hydroxylation is 1. The Kier molecular flexibility index (Phi) is 4.85. The molecule has 6 nitrogen and oxygen atoms in total. The van der Waals surface area contributed by atoms with Crippen molar-refractivity contribution in [2.45, 2.75) is 13.0 Å². The first-order valence-electron chi connectivity index (χ1n) is 6.90. The maximum atomic E-state index is 12.3. The molecule has 0 unspecified atom stereocenters. The monoisotopic (exact) mass is 315 g/mol.